The largest absolute Gasteiger partial charge is 0.497 e. The van der Waals surface area contributed by atoms with Gasteiger partial charge in [0.25, 0.3) is 0 Å². The molecule has 0 unspecified atom stereocenters. The first-order valence-corrected chi connectivity index (χ1v) is 8.88. The van der Waals surface area contributed by atoms with Gasteiger partial charge in [-0.05, 0) is 49.8 Å². The van der Waals surface area contributed by atoms with Gasteiger partial charge in [0.05, 0.1) is 14.2 Å². The number of hydrogen-bond donors (Lipinski definition) is 1. The van der Waals surface area contributed by atoms with E-state index in [1.54, 1.807) is 14.2 Å². The highest BCUT2D eigenvalue weighted by molar-refractivity contribution is 5.77. The Balaban J connectivity index is 1.73. The zero-order chi connectivity index (χ0) is 17.1. The monoisotopic (exact) mass is 332 g/mol. The van der Waals surface area contributed by atoms with Crippen molar-refractivity contribution < 1.29 is 14.3 Å². The highest BCUT2D eigenvalue weighted by atomic mass is 16.5. The number of amides is 1. The average Bonchev–Trinajstić information content (AvgIpc) is 3.36. The summed E-state index contributed by atoms with van der Waals surface area (Å²) in [6.45, 7) is 0.575. The van der Waals surface area contributed by atoms with Crippen molar-refractivity contribution in [2.24, 2.45) is 11.7 Å². The maximum atomic E-state index is 12.9. The average molecular weight is 332 g/mol. The SMILES string of the molecule is COc1ccc(OC)c(CN(C(=O)C[C@@H]2CCC[C@H]2N)C2CC2)c1. The van der Waals surface area contributed by atoms with E-state index in [1.165, 1.54) is 0 Å². The second-order valence-electron chi connectivity index (χ2n) is 6.99. The minimum atomic E-state index is 0.182. The molecule has 0 heterocycles. The maximum absolute atomic E-state index is 12.9. The van der Waals surface area contributed by atoms with E-state index in [0.29, 0.717) is 24.9 Å². The summed E-state index contributed by atoms with van der Waals surface area (Å²) in [7, 11) is 3.31. The van der Waals surface area contributed by atoms with Crippen LogP contribution in [0.1, 0.15) is 44.1 Å². The van der Waals surface area contributed by atoms with Crippen LogP contribution in [0.2, 0.25) is 0 Å². The van der Waals surface area contributed by atoms with Crippen molar-refractivity contribution in [1.29, 1.82) is 0 Å². The van der Waals surface area contributed by atoms with Crippen LogP contribution in [0, 0.1) is 5.92 Å². The Morgan fingerprint density at radius 1 is 1.21 bits per heavy atom. The summed E-state index contributed by atoms with van der Waals surface area (Å²) in [5.74, 6) is 2.15. The van der Waals surface area contributed by atoms with Crippen molar-refractivity contribution in [3.63, 3.8) is 0 Å². The molecule has 2 aliphatic carbocycles. The Morgan fingerprint density at radius 2 is 2.00 bits per heavy atom. The summed E-state index contributed by atoms with van der Waals surface area (Å²) in [5, 5.41) is 0. The van der Waals surface area contributed by atoms with Crippen LogP contribution in [0.15, 0.2) is 18.2 Å². The second kappa shape index (κ2) is 7.43. The number of methoxy groups -OCH3 is 2. The van der Waals surface area contributed by atoms with Crippen molar-refractivity contribution in [3.8, 4) is 11.5 Å². The van der Waals surface area contributed by atoms with Crippen LogP contribution in [-0.4, -0.2) is 37.1 Å². The second-order valence-corrected chi connectivity index (χ2v) is 6.99. The molecule has 0 aromatic heterocycles. The molecule has 2 aliphatic rings. The van der Waals surface area contributed by atoms with E-state index >= 15 is 0 Å². The lowest BCUT2D eigenvalue weighted by Crippen LogP contribution is -2.36. The number of ether oxygens (including phenoxy) is 2. The van der Waals surface area contributed by atoms with Crippen LogP contribution in [0.4, 0.5) is 0 Å². The molecule has 5 nitrogen and oxygen atoms in total. The zero-order valence-electron chi connectivity index (χ0n) is 14.7. The summed E-state index contributed by atoms with van der Waals surface area (Å²) in [5.41, 5.74) is 7.14. The first-order chi connectivity index (χ1) is 11.6. The number of benzene rings is 1. The predicted molar refractivity (Wildman–Crippen MR) is 93.1 cm³/mol. The van der Waals surface area contributed by atoms with Crippen LogP contribution in [0.25, 0.3) is 0 Å². The van der Waals surface area contributed by atoms with Gasteiger partial charge in [-0.25, -0.2) is 0 Å². The first kappa shape index (κ1) is 17.1. The minimum Gasteiger partial charge on any atom is -0.497 e. The van der Waals surface area contributed by atoms with Gasteiger partial charge in [0.1, 0.15) is 11.5 Å². The maximum Gasteiger partial charge on any atom is 0.223 e. The van der Waals surface area contributed by atoms with E-state index in [4.69, 9.17) is 15.2 Å². The Kier molecular flexibility index (Phi) is 5.29. The number of carbonyl (C=O) groups excluding carboxylic acids is 1. The van der Waals surface area contributed by atoms with Crippen molar-refractivity contribution in [2.75, 3.05) is 14.2 Å². The molecule has 2 N–H and O–H groups in total. The lowest BCUT2D eigenvalue weighted by atomic mass is 9.99. The summed E-state index contributed by atoms with van der Waals surface area (Å²) in [6.07, 6.45) is 6.03. The molecular weight excluding hydrogens is 304 g/mol. The Labute approximate surface area is 144 Å². The standard InChI is InChI=1S/C19H28N2O3/c1-23-16-8-9-18(24-2)14(10-16)12-21(15-6-7-15)19(22)11-13-4-3-5-17(13)20/h8-10,13,15,17H,3-7,11-12,20H2,1-2H3/t13-,17+/m0/s1. The van der Waals surface area contributed by atoms with Crippen molar-refractivity contribution in [3.05, 3.63) is 23.8 Å². The Hall–Kier alpha value is -1.75. The molecule has 24 heavy (non-hydrogen) atoms. The van der Waals surface area contributed by atoms with Crippen LogP contribution in [-0.2, 0) is 11.3 Å². The lowest BCUT2D eigenvalue weighted by Gasteiger charge is -2.26. The number of nitrogens with zero attached hydrogens (tertiary/aromatic N) is 1. The molecule has 0 saturated heterocycles. The fraction of sp³-hybridized carbons (Fsp3) is 0.632. The first-order valence-electron chi connectivity index (χ1n) is 8.88. The van der Waals surface area contributed by atoms with Gasteiger partial charge in [-0.3, -0.25) is 4.79 Å². The van der Waals surface area contributed by atoms with Crippen LogP contribution in [0.3, 0.4) is 0 Å². The summed E-state index contributed by atoms with van der Waals surface area (Å²) in [4.78, 5) is 14.9. The molecule has 0 spiro atoms. The Bertz CT molecular complexity index is 586. The fourth-order valence-electron chi connectivity index (χ4n) is 3.66. The summed E-state index contributed by atoms with van der Waals surface area (Å²) in [6, 6.07) is 6.29. The van der Waals surface area contributed by atoms with Crippen LogP contribution >= 0.6 is 0 Å². The van der Waals surface area contributed by atoms with Crippen molar-refractivity contribution in [1.82, 2.24) is 4.90 Å². The van der Waals surface area contributed by atoms with E-state index in [-0.39, 0.29) is 11.9 Å². The number of rotatable bonds is 7. The zero-order valence-corrected chi connectivity index (χ0v) is 14.7. The van der Waals surface area contributed by atoms with Crippen molar-refractivity contribution in [2.45, 2.75) is 57.2 Å². The molecule has 1 amide bonds. The molecule has 1 aromatic carbocycles. The van der Waals surface area contributed by atoms with E-state index in [9.17, 15) is 4.79 Å². The van der Waals surface area contributed by atoms with Gasteiger partial charge in [-0.1, -0.05) is 6.42 Å². The minimum absolute atomic E-state index is 0.182. The third-order valence-corrected chi connectivity index (χ3v) is 5.29. The van der Waals surface area contributed by atoms with Crippen LogP contribution in [0.5, 0.6) is 11.5 Å². The van der Waals surface area contributed by atoms with E-state index < -0.39 is 0 Å². The third kappa shape index (κ3) is 3.83. The van der Waals surface area contributed by atoms with Gasteiger partial charge in [-0.2, -0.15) is 0 Å². The number of nitrogens with two attached hydrogens (primary N) is 1. The molecule has 0 aliphatic heterocycles. The van der Waals surface area contributed by atoms with E-state index in [1.807, 2.05) is 23.1 Å². The molecule has 2 fully saturated rings. The molecule has 1 aromatic rings. The molecule has 0 radical (unpaired) electrons. The predicted octanol–water partition coefficient (Wildman–Crippen LogP) is 2.71. The summed E-state index contributed by atoms with van der Waals surface area (Å²) >= 11 is 0. The lowest BCUT2D eigenvalue weighted by molar-refractivity contribution is -0.133. The Morgan fingerprint density at radius 3 is 2.58 bits per heavy atom. The van der Waals surface area contributed by atoms with Gasteiger partial charge >= 0.3 is 0 Å². The van der Waals surface area contributed by atoms with Gasteiger partial charge in [-0.15, -0.1) is 0 Å². The molecule has 132 valence electrons. The molecular formula is C19H28N2O3. The van der Waals surface area contributed by atoms with Gasteiger partial charge in [0, 0.05) is 30.6 Å². The number of hydrogen-bond acceptors (Lipinski definition) is 4. The summed E-state index contributed by atoms with van der Waals surface area (Å²) < 4.78 is 10.8. The molecule has 2 saturated carbocycles. The topological polar surface area (TPSA) is 64.8 Å². The number of carbonyl (C=O) groups is 1. The molecule has 5 heteroatoms. The normalized spacial score (nSPS) is 23.1. The third-order valence-electron chi connectivity index (χ3n) is 5.29. The van der Waals surface area contributed by atoms with E-state index in [2.05, 4.69) is 0 Å². The quantitative estimate of drug-likeness (QED) is 0.834. The highest BCUT2D eigenvalue weighted by Crippen LogP contribution is 2.34. The van der Waals surface area contributed by atoms with Gasteiger partial charge in [0.2, 0.25) is 5.91 Å². The smallest absolute Gasteiger partial charge is 0.223 e. The molecule has 3 rings (SSSR count). The molecule has 2 atom stereocenters. The van der Waals surface area contributed by atoms with Crippen molar-refractivity contribution >= 4 is 5.91 Å². The molecule has 0 bridgehead atoms. The highest BCUT2D eigenvalue weighted by Gasteiger charge is 2.35. The van der Waals surface area contributed by atoms with E-state index in [0.717, 1.165) is 49.2 Å². The fourth-order valence-corrected chi connectivity index (χ4v) is 3.66. The van der Waals surface area contributed by atoms with Gasteiger partial charge in [0.15, 0.2) is 0 Å². The van der Waals surface area contributed by atoms with Crippen LogP contribution < -0.4 is 15.2 Å². The van der Waals surface area contributed by atoms with Gasteiger partial charge < -0.3 is 20.1 Å².